The standard InChI is InChI=1S/C62H103ClFN3O15/c1-17-47-59(13,74)51(71)38(8)67(26-20-24-65-55(73)62(76)33(3)27-41-42-30-44(64)43-29-40(68)21-23-56(43,10)61(42,63)46(69)31-57(41,62)11)25-19-22-60(75,18-2)52(82-54-49(70)45(66(14)15)28-34(4)78-54)35(5)50(36(6)53(72)80-47)81-48-32-58(12,77-16)37(7)39(9)79-48/h21,23,29,33-39,41-42,44-52,54,69-71,74-76H,17-20,22,24-28,30-32H2,1-16H3,(H,65,73)/t33-,34?,35+,36-,37-,38-,39?,41?,42?,44+,45-,46+,47-,48?,49-,50+,51-,52-,54?,56+,57+,58+,59-,60-,61+,62+/m1/s1. The van der Waals surface area contributed by atoms with Crippen LogP contribution in [0, 0.1) is 46.3 Å². The van der Waals surface area contributed by atoms with Crippen LogP contribution >= 0.6 is 11.6 Å². The molecule has 0 aromatic rings. The lowest BCUT2D eigenvalue weighted by molar-refractivity contribution is -0.314. The second-order valence-electron chi connectivity index (χ2n) is 27.4. The summed E-state index contributed by atoms with van der Waals surface area (Å²) in [5.41, 5.74) is -8.42. The molecule has 0 spiro atoms. The fraction of sp³-hybridized carbons (Fsp3) is 0.887. The second-order valence-corrected chi connectivity index (χ2v) is 28.0. The largest absolute Gasteiger partial charge is 0.459 e. The molecule has 7 aliphatic rings. The van der Waals surface area contributed by atoms with Crippen LogP contribution in [-0.2, 0) is 42.8 Å². The number of methoxy groups -OCH3 is 1. The molecular formula is C62H103ClFN3O15. The van der Waals surface area contributed by atoms with Crippen molar-refractivity contribution in [1.29, 1.82) is 0 Å². The Morgan fingerprint density at radius 3 is 2.23 bits per heavy atom. The molecule has 6 fully saturated rings. The number of hydrogen-bond donors (Lipinski definition) is 7. The number of likely N-dealkylation sites (N-methyl/N-ethyl adjacent to an activating group) is 1. The highest BCUT2D eigenvalue weighted by Crippen LogP contribution is 2.71. The van der Waals surface area contributed by atoms with Crippen LogP contribution in [0.2, 0.25) is 0 Å². The summed E-state index contributed by atoms with van der Waals surface area (Å²) in [6, 6.07) is -1.12. The zero-order chi connectivity index (χ0) is 61.2. The monoisotopic (exact) mass is 1180 g/mol. The fourth-order valence-electron chi connectivity index (χ4n) is 16.5. The van der Waals surface area contributed by atoms with E-state index in [1.54, 1.807) is 54.7 Å². The average Bonchev–Trinajstić information content (AvgIpc) is 1.89. The van der Waals surface area contributed by atoms with Gasteiger partial charge in [0, 0.05) is 61.4 Å². The number of ketones is 1. The normalized spacial score (nSPS) is 49.9. The molecule has 3 saturated carbocycles. The van der Waals surface area contributed by atoms with Crippen LogP contribution in [0.4, 0.5) is 4.39 Å². The summed E-state index contributed by atoms with van der Waals surface area (Å²) < 4.78 is 55.4. The van der Waals surface area contributed by atoms with Gasteiger partial charge in [-0.25, -0.2) is 4.39 Å². The maximum atomic E-state index is 16.3. The van der Waals surface area contributed by atoms with E-state index in [1.807, 2.05) is 65.4 Å². The number of aliphatic hydroxyl groups excluding tert-OH is 3. The van der Waals surface area contributed by atoms with Crippen molar-refractivity contribution >= 4 is 29.3 Å². The van der Waals surface area contributed by atoms with Gasteiger partial charge in [0.05, 0.1) is 52.5 Å². The molecule has 26 atom stereocenters. The first-order valence-electron chi connectivity index (χ1n) is 30.6. The molecule has 0 bridgehead atoms. The molecule has 20 heteroatoms. The number of esters is 1. The Balaban J connectivity index is 1.16. The lowest BCUT2D eigenvalue weighted by atomic mass is 9.45. The number of cyclic esters (lactones) is 1. The predicted molar refractivity (Wildman–Crippen MR) is 307 cm³/mol. The molecule has 18 nitrogen and oxygen atoms in total. The Kier molecular flexibility index (Phi) is 20.6. The lowest BCUT2D eigenvalue weighted by Gasteiger charge is -2.64. The maximum Gasteiger partial charge on any atom is 0.311 e. The molecule has 3 saturated heterocycles. The summed E-state index contributed by atoms with van der Waals surface area (Å²) in [5, 5.41) is 77.8. The highest BCUT2D eigenvalue weighted by Gasteiger charge is 2.76. The zero-order valence-electron chi connectivity index (χ0n) is 51.9. The minimum atomic E-state index is -1.99. The Morgan fingerprint density at radius 2 is 1.61 bits per heavy atom. The van der Waals surface area contributed by atoms with E-state index in [-0.39, 0.29) is 87.3 Å². The van der Waals surface area contributed by atoms with Gasteiger partial charge in [0.15, 0.2) is 24.0 Å². The highest BCUT2D eigenvalue weighted by atomic mass is 35.5. The van der Waals surface area contributed by atoms with Crippen molar-refractivity contribution in [2.45, 2.75) is 261 Å². The Morgan fingerprint density at radius 1 is 0.939 bits per heavy atom. The molecule has 470 valence electrons. The predicted octanol–water partition coefficient (Wildman–Crippen LogP) is 5.76. The van der Waals surface area contributed by atoms with E-state index in [9.17, 15) is 45.0 Å². The molecule has 3 aliphatic heterocycles. The summed E-state index contributed by atoms with van der Waals surface area (Å²) in [4.78, 5) is 44.4. The van der Waals surface area contributed by atoms with Crippen molar-refractivity contribution in [3.8, 4) is 0 Å². The molecule has 7 rings (SSSR count). The van der Waals surface area contributed by atoms with Crippen LogP contribution in [-0.4, -0.2) is 206 Å². The average molecular weight is 1180 g/mol. The van der Waals surface area contributed by atoms with Gasteiger partial charge in [-0.1, -0.05) is 54.5 Å². The van der Waals surface area contributed by atoms with Crippen molar-refractivity contribution in [2.75, 3.05) is 40.8 Å². The first-order valence-corrected chi connectivity index (χ1v) is 31.0. The molecule has 0 aromatic heterocycles. The van der Waals surface area contributed by atoms with Crippen molar-refractivity contribution in [2.24, 2.45) is 46.3 Å². The minimum absolute atomic E-state index is 0.0135. The van der Waals surface area contributed by atoms with Gasteiger partial charge < -0.3 is 69.3 Å². The molecular weight excluding hydrogens is 1080 g/mol. The van der Waals surface area contributed by atoms with Gasteiger partial charge in [0.25, 0.3) is 5.91 Å². The number of aliphatic hydroxyl groups is 6. The summed E-state index contributed by atoms with van der Waals surface area (Å²) in [5.74, 6) is -5.27. The Labute approximate surface area is 492 Å². The number of nitrogens with one attached hydrogen (secondary N) is 1. The molecule has 7 N–H and O–H groups in total. The summed E-state index contributed by atoms with van der Waals surface area (Å²) in [6.45, 7) is 24.2. The van der Waals surface area contributed by atoms with Crippen molar-refractivity contribution in [3.63, 3.8) is 0 Å². The van der Waals surface area contributed by atoms with Gasteiger partial charge >= 0.3 is 5.97 Å². The number of allylic oxidation sites excluding steroid dienone is 4. The molecule has 0 radical (unpaired) electrons. The number of alkyl halides is 2. The third kappa shape index (κ3) is 11.7. The van der Waals surface area contributed by atoms with Crippen LogP contribution in [0.1, 0.15) is 154 Å². The van der Waals surface area contributed by atoms with E-state index in [2.05, 4.69) is 5.32 Å². The van der Waals surface area contributed by atoms with Gasteiger partial charge in [-0.3, -0.25) is 19.3 Å². The Bertz CT molecular complexity index is 2330. The molecule has 4 aliphatic carbocycles. The van der Waals surface area contributed by atoms with Gasteiger partial charge in [-0.15, -0.1) is 11.6 Å². The van der Waals surface area contributed by atoms with Gasteiger partial charge in [-0.2, -0.15) is 0 Å². The highest BCUT2D eigenvalue weighted by molar-refractivity contribution is 6.26. The summed E-state index contributed by atoms with van der Waals surface area (Å²) in [6.07, 6.45) is -5.01. The number of nitrogens with zero attached hydrogens (tertiary/aromatic N) is 2. The van der Waals surface area contributed by atoms with Crippen LogP contribution in [0.3, 0.4) is 0 Å². The quantitative estimate of drug-likeness (QED) is 0.0658. The number of carbonyl (C=O) groups is 3. The molecule has 82 heavy (non-hydrogen) atoms. The molecule has 3 heterocycles. The number of carbonyl (C=O) groups excluding carboxylic acids is 3. The van der Waals surface area contributed by atoms with Crippen molar-refractivity contribution in [1.82, 2.24) is 15.1 Å². The SMILES string of the molecule is CC[C@H]1OC(=O)[C@H](C)[C@@H](OC2C[C@](C)(OC)[C@H](C)C(C)O2)[C@H](C)[C@@H](OC2OC(C)C[C@@H](N(C)C)[C@H]2O)[C@@](O)(CC)CCCN(CCCNC(=O)[C@@]2(O)[C@H](C)CC3C4C[C@H](F)C5=CC(=O)C=C[C@]5(C)[C@@]4(Cl)[C@@H](O)C[C@@]32C)[C@H](C)[C@@H](O)[C@]1(C)O. The van der Waals surface area contributed by atoms with Crippen molar-refractivity contribution < 1.29 is 77.8 Å². The summed E-state index contributed by atoms with van der Waals surface area (Å²) in [7, 11) is 5.40. The molecule has 6 unspecified atom stereocenters. The van der Waals surface area contributed by atoms with Gasteiger partial charge in [-0.05, 0) is 155 Å². The zero-order valence-corrected chi connectivity index (χ0v) is 52.7. The van der Waals surface area contributed by atoms with E-state index < -0.39 is 141 Å². The third-order valence-corrected chi connectivity index (χ3v) is 23.3. The van der Waals surface area contributed by atoms with E-state index >= 15 is 4.39 Å². The topological polar surface area (TPSA) is 246 Å². The lowest BCUT2D eigenvalue weighted by Crippen LogP contribution is -2.70. The van der Waals surface area contributed by atoms with Crippen LogP contribution in [0.5, 0.6) is 0 Å². The van der Waals surface area contributed by atoms with E-state index in [1.165, 1.54) is 19.1 Å². The number of amides is 1. The fourth-order valence-corrected chi connectivity index (χ4v) is 17.0. The smallest absolute Gasteiger partial charge is 0.311 e. The van der Waals surface area contributed by atoms with E-state index in [0.29, 0.717) is 32.1 Å². The van der Waals surface area contributed by atoms with Crippen LogP contribution in [0.15, 0.2) is 23.8 Å². The molecule has 1 amide bonds. The number of ether oxygens (including phenoxy) is 6. The third-order valence-electron chi connectivity index (χ3n) is 22.4. The second kappa shape index (κ2) is 25.1. The van der Waals surface area contributed by atoms with E-state index in [4.69, 9.17) is 40.0 Å². The minimum Gasteiger partial charge on any atom is -0.459 e. The maximum absolute atomic E-state index is 16.3. The van der Waals surface area contributed by atoms with Gasteiger partial charge in [0.1, 0.15) is 30.1 Å². The number of halogens is 2. The van der Waals surface area contributed by atoms with Crippen LogP contribution in [0.25, 0.3) is 0 Å². The molecule has 0 aromatic carbocycles. The van der Waals surface area contributed by atoms with Crippen LogP contribution < -0.4 is 5.32 Å². The van der Waals surface area contributed by atoms with E-state index in [0.717, 1.165) is 0 Å². The summed E-state index contributed by atoms with van der Waals surface area (Å²) >= 11 is 7.58. The van der Waals surface area contributed by atoms with Crippen molar-refractivity contribution in [3.05, 3.63) is 23.8 Å². The number of hydrogen-bond acceptors (Lipinski definition) is 17. The first kappa shape index (κ1) is 67.3. The first-order chi connectivity index (χ1) is 38.1. The number of fused-ring (bicyclic) bond motifs is 5. The number of rotatable bonds is 13. The van der Waals surface area contributed by atoms with Gasteiger partial charge in [0.2, 0.25) is 0 Å². The Hall–Kier alpha value is -2.21.